The fourth-order valence-electron chi connectivity index (χ4n) is 4.78. The molecule has 0 bridgehead atoms. The molecule has 4 atom stereocenters. The first kappa shape index (κ1) is 29.1. The fourth-order valence-corrected chi connectivity index (χ4v) is 4.78. The highest BCUT2D eigenvalue weighted by Crippen LogP contribution is 2.25. The predicted molar refractivity (Wildman–Crippen MR) is 157 cm³/mol. The lowest BCUT2D eigenvalue weighted by Crippen LogP contribution is -2.49. The summed E-state index contributed by atoms with van der Waals surface area (Å²) in [5.74, 6) is 0. The van der Waals surface area contributed by atoms with Crippen molar-refractivity contribution in [1.82, 2.24) is 0 Å². The molecule has 0 saturated carbocycles. The summed E-state index contributed by atoms with van der Waals surface area (Å²) in [7, 11) is 0. The number of rotatable bonds is 14. The van der Waals surface area contributed by atoms with Crippen molar-refractivity contribution in [3.05, 3.63) is 144 Å². The van der Waals surface area contributed by atoms with Crippen LogP contribution in [0.1, 0.15) is 22.3 Å². The van der Waals surface area contributed by atoms with Crippen LogP contribution in [0.5, 0.6) is 0 Å². The molecule has 0 aliphatic carbocycles. The quantitative estimate of drug-likeness (QED) is 0.182. The summed E-state index contributed by atoms with van der Waals surface area (Å²) < 4.78 is 37.9. The monoisotopic (exact) mass is 554 g/mol. The van der Waals surface area contributed by atoms with Gasteiger partial charge in [-0.3, -0.25) is 0 Å². The minimum absolute atomic E-state index is 0.0924. The maximum Gasteiger partial charge on any atom is 0.147 e. The van der Waals surface area contributed by atoms with Gasteiger partial charge in [-0.05, 0) is 22.3 Å². The van der Waals surface area contributed by atoms with Gasteiger partial charge in [-0.2, -0.15) is 0 Å². The highest BCUT2D eigenvalue weighted by Gasteiger charge is 2.41. The molecule has 6 nitrogen and oxygen atoms in total. The van der Waals surface area contributed by atoms with Crippen LogP contribution < -0.4 is 0 Å². The van der Waals surface area contributed by atoms with Crippen LogP contribution in [-0.4, -0.2) is 44.4 Å². The van der Waals surface area contributed by atoms with Crippen molar-refractivity contribution in [1.29, 1.82) is 0 Å². The Morgan fingerprint density at radius 2 is 0.756 bits per heavy atom. The van der Waals surface area contributed by atoms with Gasteiger partial charge in [-0.15, -0.1) is 0 Å². The SMILES string of the molecule is c1ccc(COC[C@@H]2OCO[C@H](COCc3ccccc3)[C@H](OCc3ccccc3)[C@H]2OCc2ccccc2)cc1. The maximum absolute atomic E-state index is 6.59. The number of hydrogen-bond donors (Lipinski definition) is 0. The molecule has 0 N–H and O–H groups in total. The van der Waals surface area contributed by atoms with Gasteiger partial charge in [0.25, 0.3) is 0 Å². The van der Waals surface area contributed by atoms with Crippen LogP contribution in [0.3, 0.4) is 0 Å². The van der Waals surface area contributed by atoms with Crippen LogP contribution in [0.25, 0.3) is 0 Å². The summed E-state index contributed by atoms with van der Waals surface area (Å²) in [6.45, 7) is 2.54. The van der Waals surface area contributed by atoms with Crippen LogP contribution in [0, 0.1) is 0 Å². The second-order valence-corrected chi connectivity index (χ2v) is 10.1. The summed E-state index contributed by atoms with van der Waals surface area (Å²) in [5.41, 5.74) is 4.34. The van der Waals surface area contributed by atoms with E-state index >= 15 is 0 Å². The molecule has 214 valence electrons. The van der Waals surface area contributed by atoms with Crippen molar-refractivity contribution in [3.63, 3.8) is 0 Å². The van der Waals surface area contributed by atoms with E-state index in [1.165, 1.54) is 0 Å². The van der Waals surface area contributed by atoms with E-state index in [1.807, 2.05) is 97.1 Å². The second kappa shape index (κ2) is 16.2. The van der Waals surface area contributed by atoms with Crippen LogP contribution >= 0.6 is 0 Å². The van der Waals surface area contributed by atoms with E-state index in [9.17, 15) is 0 Å². The lowest BCUT2D eigenvalue weighted by molar-refractivity contribution is -0.159. The molecule has 4 aromatic carbocycles. The molecule has 1 aliphatic heterocycles. The molecule has 5 rings (SSSR count). The summed E-state index contributed by atoms with van der Waals surface area (Å²) in [5, 5.41) is 0. The number of hydrogen-bond acceptors (Lipinski definition) is 6. The van der Waals surface area contributed by atoms with Crippen LogP contribution in [0.15, 0.2) is 121 Å². The van der Waals surface area contributed by atoms with E-state index in [-0.39, 0.29) is 6.79 Å². The first-order valence-electron chi connectivity index (χ1n) is 14.1. The molecule has 0 unspecified atom stereocenters. The third-order valence-electron chi connectivity index (χ3n) is 6.98. The Morgan fingerprint density at radius 3 is 1.10 bits per heavy atom. The molecule has 1 saturated heterocycles. The summed E-state index contributed by atoms with van der Waals surface area (Å²) in [6, 6.07) is 40.5. The first-order chi connectivity index (χ1) is 20.3. The largest absolute Gasteiger partial charge is 0.374 e. The van der Waals surface area contributed by atoms with Gasteiger partial charge in [-0.1, -0.05) is 121 Å². The van der Waals surface area contributed by atoms with Crippen LogP contribution in [-0.2, 0) is 54.8 Å². The zero-order valence-electron chi connectivity index (χ0n) is 23.3. The van der Waals surface area contributed by atoms with Gasteiger partial charge in [0, 0.05) is 0 Å². The fraction of sp³-hybridized carbons (Fsp3) is 0.314. The lowest BCUT2D eigenvalue weighted by Gasteiger charge is -2.33. The Balaban J connectivity index is 1.33. The van der Waals surface area contributed by atoms with E-state index in [1.54, 1.807) is 0 Å². The van der Waals surface area contributed by atoms with Crippen molar-refractivity contribution in [2.45, 2.75) is 50.8 Å². The van der Waals surface area contributed by atoms with Crippen molar-refractivity contribution >= 4 is 0 Å². The smallest absolute Gasteiger partial charge is 0.147 e. The van der Waals surface area contributed by atoms with Gasteiger partial charge in [0.15, 0.2) is 0 Å². The highest BCUT2D eigenvalue weighted by atomic mass is 16.7. The zero-order valence-corrected chi connectivity index (χ0v) is 23.3. The molecule has 1 fully saturated rings. The molecule has 0 amide bonds. The van der Waals surface area contributed by atoms with E-state index in [0.717, 1.165) is 22.3 Å². The van der Waals surface area contributed by atoms with Crippen molar-refractivity contribution < 1.29 is 28.4 Å². The Hall–Kier alpha value is -3.36. The molecule has 0 aromatic heterocycles. The molecular weight excluding hydrogens is 516 g/mol. The highest BCUT2D eigenvalue weighted by molar-refractivity contribution is 5.16. The van der Waals surface area contributed by atoms with E-state index < -0.39 is 24.4 Å². The molecular formula is C35H38O6. The third-order valence-corrected chi connectivity index (χ3v) is 6.98. The van der Waals surface area contributed by atoms with Gasteiger partial charge in [-0.25, -0.2) is 0 Å². The topological polar surface area (TPSA) is 55.4 Å². The molecule has 1 aliphatic rings. The normalized spacial score (nSPS) is 20.9. The molecule has 0 radical (unpaired) electrons. The van der Waals surface area contributed by atoms with Crippen molar-refractivity contribution in [3.8, 4) is 0 Å². The molecule has 6 heteroatoms. The van der Waals surface area contributed by atoms with E-state index in [4.69, 9.17) is 28.4 Å². The molecule has 41 heavy (non-hydrogen) atoms. The lowest BCUT2D eigenvalue weighted by atomic mass is 10.0. The van der Waals surface area contributed by atoms with Gasteiger partial charge in [0.1, 0.15) is 31.2 Å². The Labute approximate surface area is 242 Å². The first-order valence-corrected chi connectivity index (χ1v) is 14.1. The van der Waals surface area contributed by atoms with E-state index in [2.05, 4.69) is 24.3 Å². The maximum atomic E-state index is 6.59. The Kier molecular flexibility index (Phi) is 11.5. The molecule has 4 aromatic rings. The summed E-state index contributed by atoms with van der Waals surface area (Å²) in [6.07, 6.45) is -1.71. The van der Waals surface area contributed by atoms with Gasteiger partial charge >= 0.3 is 0 Å². The average molecular weight is 555 g/mol. The molecule has 1 heterocycles. The minimum atomic E-state index is -0.456. The van der Waals surface area contributed by atoms with Crippen LogP contribution in [0.2, 0.25) is 0 Å². The second-order valence-electron chi connectivity index (χ2n) is 10.1. The van der Waals surface area contributed by atoms with Crippen molar-refractivity contribution in [2.75, 3.05) is 20.0 Å². The average Bonchev–Trinajstić information content (AvgIpc) is 3.19. The van der Waals surface area contributed by atoms with Gasteiger partial charge in [0.2, 0.25) is 0 Å². The van der Waals surface area contributed by atoms with Crippen molar-refractivity contribution in [2.24, 2.45) is 0 Å². The number of benzene rings is 4. The third kappa shape index (κ3) is 9.33. The van der Waals surface area contributed by atoms with Gasteiger partial charge < -0.3 is 28.4 Å². The predicted octanol–water partition coefficient (Wildman–Crippen LogP) is 6.33. The standard InChI is InChI=1S/C35H38O6/c1-5-13-28(14-6-1)21-36-25-32-34(38-23-30-17-9-3-10-18-30)35(39-24-31-19-11-4-12-20-31)33(41-27-40-32)26-37-22-29-15-7-2-8-16-29/h1-20,32-35H,21-27H2/t32-,33+,34-,35-/m0/s1. The summed E-state index contributed by atoms with van der Waals surface area (Å²) >= 11 is 0. The van der Waals surface area contributed by atoms with Gasteiger partial charge in [0.05, 0.1) is 39.6 Å². The Bertz CT molecular complexity index is 1140. The van der Waals surface area contributed by atoms with Crippen LogP contribution in [0.4, 0.5) is 0 Å². The van der Waals surface area contributed by atoms with E-state index in [0.29, 0.717) is 39.6 Å². The zero-order chi connectivity index (χ0) is 28.0. The minimum Gasteiger partial charge on any atom is -0.374 e. The summed E-state index contributed by atoms with van der Waals surface area (Å²) in [4.78, 5) is 0. The molecule has 0 spiro atoms. The number of ether oxygens (including phenoxy) is 6. The Morgan fingerprint density at radius 1 is 0.439 bits per heavy atom.